The molecule has 0 radical (unpaired) electrons. The van der Waals surface area contributed by atoms with Crippen LogP contribution in [0, 0.1) is 5.92 Å². The van der Waals surface area contributed by atoms with Crippen molar-refractivity contribution in [3.05, 3.63) is 0 Å². The normalized spacial score (nSPS) is 40.8. The summed E-state index contributed by atoms with van der Waals surface area (Å²) < 4.78 is 11.6. The summed E-state index contributed by atoms with van der Waals surface area (Å²) in [6.07, 6.45) is 7.43. The maximum absolute atomic E-state index is 6.04. The molecule has 3 heteroatoms. The Labute approximate surface area is 111 Å². The van der Waals surface area contributed by atoms with Crippen molar-refractivity contribution in [2.24, 2.45) is 5.92 Å². The van der Waals surface area contributed by atoms with Crippen LogP contribution in [0.4, 0.5) is 0 Å². The standard InChI is InChI=1S/C15H27NO2/c1-11(2)18-15-7-13-3-4-14(8-15)16(13)9-12-5-6-17-10-12/h11-15H,3-10H2,1-2H3/t12?,13-,14+,15?. The third kappa shape index (κ3) is 2.73. The fourth-order valence-corrected chi connectivity index (χ4v) is 4.04. The van der Waals surface area contributed by atoms with Gasteiger partial charge in [-0.05, 0) is 51.9 Å². The van der Waals surface area contributed by atoms with Gasteiger partial charge < -0.3 is 9.47 Å². The molecule has 3 nitrogen and oxygen atoms in total. The molecule has 0 aliphatic carbocycles. The Morgan fingerprint density at radius 1 is 1.17 bits per heavy atom. The Balaban J connectivity index is 1.55. The van der Waals surface area contributed by atoms with E-state index < -0.39 is 0 Å². The number of piperidine rings is 1. The third-order valence-electron chi connectivity index (χ3n) is 4.80. The Hall–Kier alpha value is -0.120. The largest absolute Gasteiger partial charge is 0.381 e. The molecule has 0 spiro atoms. The van der Waals surface area contributed by atoms with Gasteiger partial charge in [0.15, 0.2) is 0 Å². The number of fused-ring (bicyclic) bond motifs is 2. The van der Waals surface area contributed by atoms with E-state index in [-0.39, 0.29) is 0 Å². The van der Waals surface area contributed by atoms with E-state index in [9.17, 15) is 0 Å². The first-order valence-corrected chi connectivity index (χ1v) is 7.71. The molecule has 0 aromatic heterocycles. The average molecular weight is 253 g/mol. The van der Waals surface area contributed by atoms with Crippen molar-refractivity contribution in [1.82, 2.24) is 4.90 Å². The summed E-state index contributed by atoms with van der Waals surface area (Å²) in [5, 5.41) is 0. The highest BCUT2D eigenvalue weighted by molar-refractivity contribution is 4.96. The highest BCUT2D eigenvalue weighted by Crippen LogP contribution is 2.38. The van der Waals surface area contributed by atoms with Gasteiger partial charge >= 0.3 is 0 Å². The van der Waals surface area contributed by atoms with Gasteiger partial charge in [-0.3, -0.25) is 4.90 Å². The summed E-state index contributed by atoms with van der Waals surface area (Å²) in [6.45, 7) is 7.55. The van der Waals surface area contributed by atoms with E-state index in [1.807, 2.05) is 0 Å². The molecule has 0 amide bonds. The maximum Gasteiger partial charge on any atom is 0.0608 e. The molecule has 0 aromatic rings. The molecule has 3 heterocycles. The highest BCUT2D eigenvalue weighted by atomic mass is 16.5. The van der Waals surface area contributed by atoms with Crippen LogP contribution in [-0.2, 0) is 9.47 Å². The van der Waals surface area contributed by atoms with Crippen molar-refractivity contribution in [1.29, 1.82) is 0 Å². The number of hydrogen-bond acceptors (Lipinski definition) is 3. The molecule has 3 aliphatic rings. The molecule has 3 saturated heterocycles. The van der Waals surface area contributed by atoms with Gasteiger partial charge in [0, 0.05) is 25.2 Å². The topological polar surface area (TPSA) is 21.7 Å². The van der Waals surface area contributed by atoms with E-state index in [2.05, 4.69) is 18.7 Å². The second-order valence-electron chi connectivity index (χ2n) is 6.59. The van der Waals surface area contributed by atoms with Gasteiger partial charge in [0.2, 0.25) is 0 Å². The van der Waals surface area contributed by atoms with Gasteiger partial charge in [0.05, 0.1) is 18.8 Å². The SMILES string of the molecule is CC(C)OC1C[C@H]2CC[C@@H](C1)N2CC1CCOC1. The van der Waals surface area contributed by atoms with E-state index in [1.54, 1.807) is 0 Å². The van der Waals surface area contributed by atoms with Crippen LogP contribution in [0.25, 0.3) is 0 Å². The lowest BCUT2D eigenvalue weighted by Gasteiger charge is -2.40. The lowest BCUT2D eigenvalue weighted by atomic mass is 9.97. The molecule has 3 rings (SSSR count). The van der Waals surface area contributed by atoms with Gasteiger partial charge in [-0.25, -0.2) is 0 Å². The quantitative estimate of drug-likeness (QED) is 0.768. The van der Waals surface area contributed by atoms with Gasteiger partial charge in [-0.2, -0.15) is 0 Å². The minimum absolute atomic E-state index is 0.379. The average Bonchev–Trinajstić information content (AvgIpc) is 2.88. The number of nitrogens with zero attached hydrogens (tertiary/aromatic N) is 1. The van der Waals surface area contributed by atoms with E-state index in [0.29, 0.717) is 12.2 Å². The number of rotatable bonds is 4. The second-order valence-corrected chi connectivity index (χ2v) is 6.59. The van der Waals surface area contributed by atoms with Crippen LogP contribution in [0.2, 0.25) is 0 Å². The Morgan fingerprint density at radius 3 is 2.44 bits per heavy atom. The van der Waals surface area contributed by atoms with Crippen molar-refractivity contribution in [2.75, 3.05) is 19.8 Å². The molecule has 18 heavy (non-hydrogen) atoms. The van der Waals surface area contributed by atoms with Gasteiger partial charge in [0.1, 0.15) is 0 Å². The van der Waals surface area contributed by atoms with E-state index in [0.717, 1.165) is 31.2 Å². The zero-order valence-electron chi connectivity index (χ0n) is 11.8. The Bertz CT molecular complexity index is 262. The summed E-state index contributed by atoms with van der Waals surface area (Å²) in [6, 6.07) is 1.57. The van der Waals surface area contributed by atoms with E-state index in [1.165, 1.54) is 38.6 Å². The Kier molecular flexibility index (Phi) is 3.92. The van der Waals surface area contributed by atoms with Crippen LogP contribution in [0.15, 0.2) is 0 Å². The monoisotopic (exact) mass is 253 g/mol. The van der Waals surface area contributed by atoms with Crippen molar-refractivity contribution in [2.45, 2.75) is 70.2 Å². The van der Waals surface area contributed by atoms with Gasteiger partial charge in [-0.1, -0.05) is 0 Å². The fourth-order valence-electron chi connectivity index (χ4n) is 4.04. The minimum atomic E-state index is 0.379. The van der Waals surface area contributed by atoms with Crippen molar-refractivity contribution >= 4 is 0 Å². The van der Waals surface area contributed by atoms with Crippen molar-refractivity contribution in [3.8, 4) is 0 Å². The predicted octanol–water partition coefficient (Wildman–Crippen LogP) is 2.44. The minimum Gasteiger partial charge on any atom is -0.381 e. The van der Waals surface area contributed by atoms with Crippen LogP contribution in [0.1, 0.15) is 46.0 Å². The first kappa shape index (κ1) is 12.9. The van der Waals surface area contributed by atoms with Crippen LogP contribution >= 0.6 is 0 Å². The first-order valence-electron chi connectivity index (χ1n) is 7.71. The van der Waals surface area contributed by atoms with Crippen LogP contribution in [0.3, 0.4) is 0 Å². The van der Waals surface area contributed by atoms with Gasteiger partial charge in [-0.15, -0.1) is 0 Å². The second kappa shape index (κ2) is 5.48. The highest BCUT2D eigenvalue weighted by Gasteiger charge is 2.42. The van der Waals surface area contributed by atoms with Crippen molar-refractivity contribution in [3.63, 3.8) is 0 Å². The summed E-state index contributed by atoms with van der Waals surface area (Å²) in [5.74, 6) is 0.788. The molecule has 3 fully saturated rings. The van der Waals surface area contributed by atoms with Crippen LogP contribution < -0.4 is 0 Å². The summed E-state index contributed by atoms with van der Waals surface area (Å²) in [4.78, 5) is 2.78. The number of ether oxygens (including phenoxy) is 2. The Morgan fingerprint density at radius 2 is 1.89 bits per heavy atom. The lowest BCUT2D eigenvalue weighted by Crippen LogP contribution is -2.47. The summed E-state index contributed by atoms with van der Waals surface area (Å²) >= 11 is 0. The molecule has 104 valence electrons. The smallest absolute Gasteiger partial charge is 0.0608 e. The molecule has 4 atom stereocenters. The first-order chi connectivity index (χ1) is 8.72. The van der Waals surface area contributed by atoms with Gasteiger partial charge in [0.25, 0.3) is 0 Å². The molecule has 0 N–H and O–H groups in total. The molecule has 2 unspecified atom stereocenters. The van der Waals surface area contributed by atoms with E-state index >= 15 is 0 Å². The molecule has 0 saturated carbocycles. The third-order valence-corrected chi connectivity index (χ3v) is 4.80. The molecule has 0 aromatic carbocycles. The molecular formula is C15H27NO2. The zero-order valence-corrected chi connectivity index (χ0v) is 11.8. The zero-order chi connectivity index (χ0) is 12.5. The lowest BCUT2D eigenvalue weighted by molar-refractivity contribution is -0.0507. The number of hydrogen-bond donors (Lipinski definition) is 0. The molecule has 2 bridgehead atoms. The van der Waals surface area contributed by atoms with E-state index in [4.69, 9.17) is 9.47 Å². The molecular weight excluding hydrogens is 226 g/mol. The fraction of sp³-hybridized carbons (Fsp3) is 1.00. The van der Waals surface area contributed by atoms with Crippen LogP contribution in [0.5, 0.6) is 0 Å². The maximum atomic E-state index is 6.04. The summed E-state index contributed by atoms with van der Waals surface area (Å²) in [5.41, 5.74) is 0. The summed E-state index contributed by atoms with van der Waals surface area (Å²) in [7, 11) is 0. The van der Waals surface area contributed by atoms with Crippen LogP contribution in [-0.4, -0.2) is 49.0 Å². The molecule has 3 aliphatic heterocycles. The van der Waals surface area contributed by atoms with Crippen molar-refractivity contribution < 1.29 is 9.47 Å². The predicted molar refractivity (Wildman–Crippen MR) is 71.7 cm³/mol.